The molecule has 2 aromatic rings. The minimum Gasteiger partial charge on any atom is -0.273 e. The molecule has 0 saturated carbocycles. The Kier molecular flexibility index (Phi) is 3.17. The molecule has 0 heterocycles. The highest BCUT2D eigenvalue weighted by molar-refractivity contribution is 5.85. The molecule has 82 valence electrons. The van der Waals surface area contributed by atoms with Gasteiger partial charge >= 0.3 is 0 Å². The van der Waals surface area contributed by atoms with Crippen molar-refractivity contribution in [3.05, 3.63) is 48.0 Å². The molecule has 0 bridgehead atoms. The van der Waals surface area contributed by atoms with Gasteiger partial charge in [0.15, 0.2) is 0 Å². The molecule has 0 unspecified atom stereocenters. The van der Waals surface area contributed by atoms with Crippen LogP contribution in [-0.4, -0.2) is 5.91 Å². The number of carbonyl (C=O) groups excluding carboxylic acids is 1. The highest BCUT2D eigenvalue weighted by atomic mass is 16.6. The zero-order valence-electron chi connectivity index (χ0n) is 9.07. The molecule has 3 nitrogen and oxygen atoms in total. The van der Waals surface area contributed by atoms with Gasteiger partial charge in [0.2, 0.25) is 5.91 Å². The fraction of sp³-hybridized carbons (Fsp3) is 0.154. The lowest BCUT2D eigenvalue weighted by Crippen LogP contribution is -2.19. The molecular weight excluding hydrogens is 202 g/mol. The number of carbonyl (C=O) groups is 1. The van der Waals surface area contributed by atoms with E-state index in [9.17, 15) is 4.79 Å². The Morgan fingerprint density at radius 1 is 1.19 bits per heavy atom. The molecule has 0 fully saturated rings. The second kappa shape index (κ2) is 4.77. The molecule has 1 N–H and O–H groups in total. The third-order valence-corrected chi connectivity index (χ3v) is 2.32. The fourth-order valence-electron chi connectivity index (χ4n) is 1.63. The van der Waals surface area contributed by atoms with E-state index in [-0.39, 0.29) is 5.91 Å². The van der Waals surface area contributed by atoms with Crippen LogP contribution in [0, 0.1) is 0 Å². The van der Waals surface area contributed by atoms with Gasteiger partial charge in [-0.05, 0) is 16.3 Å². The summed E-state index contributed by atoms with van der Waals surface area (Å²) in [6, 6.07) is 14.1. The molecule has 2 rings (SSSR count). The predicted octanol–water partition coefficient (Wildman–Crippen LogP) is 2.41. The number of hydrogen-bond donors (Lipinski definition) is 1. The molecule has 0 atom stereocenters. The number of fused-ring (bicyclic) bond motifs is 1. The van der Waals surface area contributed by atoms with Crippen LogP contribution in [0.5, 0.6) is 0 Å². The Morgan fingerprint density at radius 2 is 1.94 bits per heavy atom. The average Bonchev–Trinajstić information content (AvgIpc) is 2.29. The Balaban J connectivity index is 2.20. The topological polar surface area (TPSA) is 38.3 Å². The molecule has 0 radical (unpaired) electrons. The van der Waals surface area contributed by atoms with Crippen LogP contribution < -0.4 is 5.48 Å². The van der Waals surface area contributed by atoms with Crippen molar-refractivity contribution in [1.82, 2.24) is 5.48 Å². The summed E-state index contributed by atoms with van der Waals surface area (Å²) in [6.45, 7) is 1.80. The van der Waals surface area contributed by atoms with E-state index >= 15 is 0 Å². The van der Waals surface area contributed by atoms with E-state index in [1.54, 1.807) is 0 Å². The van der Waals surface area contributed by atoms with Crippen molar-refractivity contribution >= 4 is 16.7 Å². The van der Waals surface area contributed by atoms with Gasteiger partial charge in [-0.1, -0.05) is 42.5 Å². The molecule has 0 aliphatic carbocycles. The van der Waals surface area contributed by atoms with Crippen molar-refractivity contribution in [2.24, 2.45) is 0 Å². The lowest BCUT2D eigenvalue weighted by Gasteiger charge is -2.07. The summed E-state index contributed by atoms with van der Waals surface area (Å²) in [5.74, 6) is -0.194. The summed E-state index contributed by atoms with van der Waals surface area (Å²) in [4.78, 5) is 15.8. The molecule has 1 amide bonds. The quantitative estimate of drug-likeness (QED) is 0.798. The van der Waals surface area contributed by atoms with Gasteiger partial charge < -0.3 is 0 Å². The summed E-state index contributed by atoms with van der Waals surface area (Å²) in [5, 5.41) is 2.32. The maximum atomic E-state index is 10.7. The number of benzene rings is 2. The lowest BCUT2D eigenvalue weighted by atomic mass is 10.1. The van der Waals surface area contributed by atoms with Crippen molar-refractivity contribution < 1.29 is 9.63 Å². The highest BCUT2D eigenvalue weighted by Gasteiger charge is 2.00. The first-order chi connectivity index (χ1) is 7.77. The van der Waals surface area contributed by atoms with E-state index in [1.807, 2.05) is 30.3 Å². The normalized spacial score (nSPS) is 10.3. The number of amides is 1. The Bertz CT molecular complexity index is 503. The second-order valence-electron chi connectivity index (χ2n) is 3.59. The van der Waals surface area contributed by atoms with E-state index in [0.29, 0.717) is 6.61 Å². The van der Waals surface area contributed by atoms with Gasteiger partial charge in [-0.3, -0.25) is 9.63 Å². The maximum Gasteiger partial charge on any atom is 0.240 e. The third-order valence-electron chi connectivity index (χ3n) is 2.32. The molecule has 0 aromatic heterocycles. The van der Waals surface area contributed by atoms with Gasteiger partial charge in [0.1, 0.15) is 6.61 Å². The van der Waals surface area contributed by atoms with Crippen LogP contribution in [0.2, 0.25) is 0 Å². The lowest BCUT2D eigenvalue weighted by molar-refractivity contribution is -0.132. The third kappa shape index (κ3) is 2.38. The zero-order valence-corrected chi connectivity index (χ0v) is 9.07. The molecular formula is C13H13NO2. The fourth-order valence-corrected chi connectivity index (χ4v) is 1.63. The van der Waals surface area contributed by atoms with Gasteiger partial charge in [-0.15, -0.1) is 0 Å². The van der Waals surface area contributed by atoms with Gasteiger partial charge in [0.05, 0.1) is 0 Å². The van der Waals surface area contributed by atoms with Crippen molar-refractivity contribution in [3.63, 3.8) is 0 Å². The van der Waals surface area contributed by atoms with Gasteiger partial charge in [-0.2, -0.15) is 0 Å². The zero-order chi connectivity index (χ0) is 11.4. The molecule has 0 aliphatic rings. The summed E-state index contributed by atoms with van der Waals surface area (Å²) in [5.41, 5.74) is 3.38. The average molecular weight is 215 g/mol. The smallest absolute Gasteiger partial charge is 0.240 e. The van der Waals surface area contributed by atoms with Gasteiger partial charge in [-0.25, -0.2) is 5.48 Å². The first-order valence-electron chi connectivity index (χ1n) is 5.12. The minimum atomic E-state index is -0.194. The van der Waals surface area contributed by atoms with E-state index in [4.69, 9.17) is 4.84 Å². The summed E-state index contributed by atoms with van der Waals surface area (Å²) >= 11 is 0. The first kappa shape index (κ1) is 10.6. The van der Waals surface area contributed by atoms with Crippen molar-refractivity contribution in [1.29, 1.82) is 0 Å². The Labute approximate surface area is 94.0 Å². The Hall–Kier alpha value is -1.87. The summed E-state index contributed by atoms with van der Waals surface area (Å²) in [6.07, 6.45) is 0. The van der Waals surface area contributed by atoms with Crippen LogP contribution in [0.15, 0.2) is 42.5 Å². The van der Waals surface area contributed by atoms with Crippen LogP contribution in [0.25, 0.3) is 10.8 Å². The van der Waals surface area contributed by atoms with Gasteiger partial charge in [0.25, 0.3) is 0 Å². The van der Waals surface area contributed by atoms with Crippen molar-refractivity contribution in [3.8, 4) is 0 Å². The molecule has 2 aromatic carbocycles. The number of nitrogens with one attached hydrogen (secondary N) is 1. The van der Waals surface area contributed by atoms with Gasteiger partial charge in [0, 0.05) is 6.92 Å². The van der Waals surface area contributed by atoms with Crippen molar-refractivity contribution in [2.45, 2.75) is 13.5 Å². The van der Waals surface area contributed by atoms with Crippen LogP contribution in [0.4, 0.5) is 0 Å². The molecule has 3 heteroatoms. The van der Waals surface area contributed by atoms with Crippen LogP contribution in [-0.2, 0) is 16.2 Å². The monoisotopic (exact) mass is 215 g/mol. The van der Waals surface area contributed by atoms with E-state index in [2.05, 4.69) is 17.6 Å². The molecule has 0 aliphatic heterocycles. The second-order valence-corrected chi connectivity index (χ2v) is 3.59. The molecule has 16 heavy (non-hydrogen) atoms. The largest absolute Gasteiger partial charge is 0.273 e. The first-order valence-corrected chi connectivity index (χ1v) is 5.12. The van der Waals surface area contributed by atoms with E-state index in [0.717, 1.165) is 10.9 Å². The highest BCUT2D eigenvalue weighted by Crippen LogP contribution is 2.18. The predicted molar refractivity (Wildman–Crippen MR) is 62.6 cm³/mol. The maximum absolute atomic E-state index is 10.7. The standard InChI is InChI=1S/C13H13NO2/c1-10(15)14-16-9-12-7-4-6-11-5-2-3-8-13(11)12/h2-8H,9H2,1H3,(H,14,15). The van der Waals surface area contributed by atoms with Crippen molar-refractivity contribution in [2.75, 3.05) is 0 Å². The number of hydrogen-bond acceptors (Lipinski definition) is 2. The van der Waals surface area contributed by atoms with Crippen LogP contribution in [0.1, 0.15) is 12.5 Å². The van der Waals surface area contributed by atoms with E-state index in [1.165, 1.54) is 12.3 Å². The number of hydroxylamine groups is 1. The molecule has 0 saturated heterocycles. The SMILES string of the molecule is CC(=O)NOCc1cccc2ccccc12. The van der Waals surface area contributed by atoms with Crippen LogP contribution in [0.3, 0.4) is 0 Å². The minimum absolute atomic E-state index is 0.194. The number of rotatable bonds is 3. The molecule has 0 spiro atoms. The summed E-state index contributed by atoms with van der Waals surface area (Å²) < 4.78 is 0. The summed E-state index contributed by atoms with van der Waals surface area (Å²) in [7, 11) is 0. The van der Waals surface area contributed by atoms with E-state index < -0.39 is 0 Å². The van der Waals surface area contributed by atoms with Crippen LogP contribution >= 0.6 is 0 Å². The Morgan fingerprint density at radius 3 is 2.75 bits per heavy atom.